The number of carbonyl (C=O) groups excluding carboxylic acids is 3. The van der Waals surface area contributed by atoms with Gasteiger partial charge in [-0.3, -0.25) is 9.59 Å². The smallest absolute Gasteiger partial charge is 0.433 e. The lowest BCUT2D eigenvalue weighted by atomic mass is 9.77. The van der Waals surface area contributed by atoms with Gasteiger partial charge in [0.1, 0.15) is 23.6 Å². The highest BCUT2D eigenvalue weighted by molar-refractivity contribution is 8.01. The van der Waals surface area contributed by atoms with Crippen LogP contribution in [0.1, 0.15) is 51.6 Å². The van der Waals surface area contributed by atoms with Crippen molar-refractivity contribution in [1.29, 1.82) is 0 Å². The molecule has 14 nitrogen and oxygen atoms in total. The van der Waals surface area contributed by atoms with Crippen LogP contribution in [0.15, 0.2) is 22.3 Å². The molecule has 4 heterocycles. The first kappa shape index (κ1) is 33.5. The van der Waals surface area contributed by atoms with Crippen molar-refractivity contribution < 1.29 is 23.9 Å². The Morgan fingerprint density at radius 1 is 1.27 bits per heavy atom. The van der Waals surface area contributed by atoms with Crippen molar-refractivity contribution in [2.24, 2.45) is 5.92 Å². The summed E-state index contributed by atoms with van der Waals surface area (Å²) in [4.78, 5) is 46.7. The quantitative estimate of drug-likeness (QED) is 0.180. The van der Waals surface area contributed by atoms with Gasteiger partial charge in [0.05, 0.1) is 23.9 Å². The Bertz CT molecular complexity index is 1390. The lowest BCUT2D eigenvalue weighted by molar-refractivity contribution is -0.144. The molecule has 0 bridgehead atoms. The molecule has 0 radical (unpaired) electrons. The van der Waals surface area contributed by atoms with Gasteiger partial charge >= 0.3 is 6.16 Å². The maximum Gasteiger partial charge on any atom is 0.508 e. The predicted molar refractivity (Wildman–Crippen MR) is 172 cm³/mol. The second-order valence-electron chi connectivity index (χ2n) is 12.1. The number of aromatic nitrogens is 5. The number of likely N-dealkylation sites (N-methyl/N-ethyl adjacent to an activating group) is 1. The summed E-state index contributed by atoms with van der Waals surface area (Å²) in [6.45, 7) is 5.64. The number of carbonyl (C=O) groups is 3. The van der Waals surface area contributed by atoms with E-state index in [1.165, 1.54) is 34.9 Å². The molecule has 2 aliphatic heterocycles. The van der Waals surface area contributed by atoms with Crippen LogP contribution in [0.4, 0.5) is 9.93 Å². The van der Waals surface area contributed by atoms with E-state index in [1.54, 1.807) is 15.0 Å². The third kappa shape index (κ3) is 8.10. The van der Waals surface area contributed by atoms with Crippen LogP contribution in [-0.2, 0) is 32.0 Å². The SMILES string of the molecule is CC(C)C1(OC(=O)OCC2S[C@@H]3[C@H](NC(=O)Cc4csc(N)n4)C(=O)N3C=C2CSc2nnnn2CCN(C)C)CCCCC1. The van der Waals surface area contributed by atoms with E-state index < -0.39 is 17.8 Å². The standard InChI is InChI=1S/C28H41N9O5S3/c1-17(2)28(8-6-5-7-9-28)42-27(40)41-14-20-18(15-44-26-32-33-34-37(26)11-10-35(3)4)13-36-23(39)22(24(36)45-20)31-21(38)12-19-16-43-25(29)30-19/h13,16-17,20,22,24H,5-12,14-15H2,1-4H3,(H2,29,30)(H,31,38)/t20?,22-,24-/m1/s1. The van der Waals surface area contributed by atoms with E-state index in [0.717, 1.165) is 44.2 Å². The van der Waals surface area contributed by atoms with Gasteiger partial charge in [-0.05, 0) is 61.7 Å². The summed E-state index contributed by atoms with van der Waals surface area (Å²) in [6.07, 6.45) is 6.02. The number of nitrogens with one attached hydrogen (secondary N) is 1. The molecule has 2 amide bonds. The number of tetrazole rings is 1. The van der Waals surface area contributed by atoms with Crippen LogP contribution in [0.2, 0.25) is 0 Å². The molecule has 45 heavy (non-hydrogen) atoms. The molecule has 1 aliphatic carbocycles. The minimum Gasteiger partial charge on any atom is -0.433 e. The van der Waals surface area contributed by atoms with Crippen molar-refractivity contribution in [1.82, 2.24) is 40.3 Å². The van der Waals surface area contributed by atoms with Crippen molar-refractivity contribution in [2.45, 2.75) is 86.3 Å². The minimum atomic E-state index is -0.705. The van der Waals surface area contributed by atoms with E-state index in [0.29, 0.717) is 28.3 Å². The molecule has 17 heteroatoms. The Morgan fingerprint density at radius 3 is 2.73 bits per heavy atom. The van der Waals surface area contributed by atoms with Crippen molar-refractivity contribution >= 4 is 58.0 Å². The summed E-state index contributed by atoms with van der Waals surface area (Å²) in [6, 6.07) is -0.705. The summed E-state index contributed by atoms with van der Waals surface area (Å²) in [5.74, 6) is 0.149. The molecule has 5 rings (SSSR count). The Hall–Kier alpha value is -2.89. The van der Waals surface area contributed by atoms with Crippen LogP contribution in [0.3, 0.4) is 0 Å². The average Bonchev–Trinajstić information content (AvgIpc) is 3.64. The molecule has 2 aromatic heterocycles. The van der Waals surface area contributed by atoms with Crippen molar-refractivity contribution in [3.8, 4) is 0 Å². The topological polar surface area (TPSA) is 171 Å². The number of hydrogen-bond acceptors (Lipinski definition) is 14. The number of thiazole rings is 1. The van der Waals surface area contributed by atoms with Gasteiger partial charge < -0.3 is 30.3 Å². The molecule has 3 N–H and O–H groups in total. The van der Waals surface area contributed by atoms with Crippen LogP contribution in [-0.4, -0.2) is 108 Å². The molecule has 3 aliphatic rings. The zero-order valence-electron chi connectivity index (χ0n) is 26.0. The van der Waals surface area contributed by atoms with Crippen LogP contribution < -0.4 is 11.1 Å². The third-order valence-corrected chi connectivity index (χ3v) is 11.6. The number of amides is 2. The summed E-state index contributed by atoms with van der Waals surface area (Å²) in [5.41, 5.74) is 6.63. The van der Waals surface area contributed by atoms with Gasteiger partial charge in [-0.25, -0.2) is 14.5 Å². The van der Waals surface area contributed by atoms with Gasteiger partial charge in [0.15, 0.2) is 5.13 Å². The zero-order valence-corrected chi connectivity index (χ0v) is 28.5. The number of fused-ring (bicyclic) bond motifs is 1. The van der Waals surface area contributed by atoms with Crippen molar-refractivity contribution in [3.63, 3.8) is 0 Å². The summed E-state index contributed by atoms with van der Waals surface area (Å²) < 4.78 is 13.5. The van der Waals surface area contributed by atoms with Crippen LogP contribution in [0.5, 0.6) is 0 Å². The number of ether oxygens (including phenoxy) is 2. The maximum atomic E-state index is 13.1. The first-order valence-corrected chi connectivity index (χ1v) is 17.9. The first-order chi connectivity index (χ1) is 21.5. The van der Waals surface area contributed by atoms with E-state index in [2.05, 4.69) is 44.6 Å². The molecule has 0 spiro atoms. The van der Waals surface area contributed by atoms with Crippen LogP contribution in [0.25, 0.3) is 0 Å². The van der Waals surface area contributed by atoms with Gasteiger partial charge in [0.25, 0.3) is 5.91 Å². The van der Waals surface area contributed by atoms with Gasteiger partial charge in [-0.2, -0.15) is 0 Å². The second kappa shape index (κ2) is 14.7. The van der Waals surface area contributed by atoms with Crippen LogP contribution in [0, 0.1) is 5.92 Å². The monoisotopic (exact) mass is 679 g/mol. The maximum absolute atomic E-state index is 13.1. The van der Waals surface area contributed by atoms with E-state index in [4.69, 9.17) is 15.2 Å². The summed E-state index contributed by atoms with van der Waals surface area (Å²) in [7, 11) is 3.97. The van der Waals surface area contributed by atoms with Crippen molar-refractivity contribution in [2.75, 3.05) is 38.7 Å². The number of nitrogens with two attached hydrogens (primary N) is 1. The van der Waals surface area contributed by atoms with E-state index in [9.17, 15) is 14.4 Å². The number of anilines is 1. The fraction of sp³-hybridized carbons (Fsp3) is 0.679. The Morgan fingerprint density at radius 2 is 2.04 bits per heavy atom. The van der Waals surface area contributed by atoms with Gasteiger partial charge in [0.2, 0.25) is 11.1 Å². The second-order valence-corrected chi connectivity index (χ2v) is 15.2. The van der Waals surface area contributed by atoms with Crippen molar-refractivity contribution in [3.05, 3.63) is 22.8 Å². The molecular weight excluding hydrogens is 639 g/mol. The van der Waals surface area contributed by atoms with Gasteiger partial charge in [-0.1, -0.05) is 32.0 Å². The molecule has 3 atom stereocenters. The lowest BCUT2D eigenvalue weighted by Gasteiger charge is -2.49. The number of rotatable bonds is 13. The lowest BCUT2D eigenvalue weighted by Crippen LogP contribution is -2.69. The molecule has 2 aromatic rings. The minimum absolute atomic E-state index is 0.0329. The highest BCUT2D eigenvalue weighted by atomic mass is 32.2. The predicted octanol–water partition coefficient (Wildman–Crippen LogP) is 2.77. The number of hydrogen-bond donors (Lipinski definition) is 2. The highest BCUT2D eigenvalue weighted by Crippen LogP contribution is 2.42. The molecule has 1 saturated carbocycles. The average molecular weight is 680 g/mol. The Balaban J connectivity index is 1.26. The third-order valence-electron chi connectivity index (χ3n) is 8.35. The van der Waals surface area contributed by atoms with E-state index in [1.807, 2.05) is 20.3 Å². The fourth-order valence-corrected chi connectivity index (χ4v) is 8.71. The molecule has 0 aromatic carbocycles. The Kier molecular flexibility index (Phi) is 10.9. The number of nitrogen functional groups attached to an aromatic ring is 1. The first-order valence-electron chi connectivity index (χ1n) is 15.1. The van der Waals surface area contributed by atoms with Gasteiger partial charge in [0, 0.05) is 23.9 Å². The van der Waals surface area contributed by atoms with Gasteiger partial charge in [-0.15, -0.1) is 28.2 Å². The molecule has 2 fully saturated rings. The van der Waals surface area contributed by atoms with E-state index in [-0.39, 0.29) is 41.4 Å². The number of β-lactam (4-membered cyclic amide) rings is 1. The molecule has 1 unspecified atom stereocenters. The molecular formula is C28H41N9O5S3. The number of nitrogens with zero attached hydrogens (tertiary/aromatic N) is 7. The van der Waals surface area contributed by atoms with Crippen LogP contribution >= 0.6 is 34.9 Å². The molecule has 1 saturated heterocycles. The Labute approximate surface area is 275 Å². The zero-order chi connectivity index (χ0) is 32.1. The fourth-order valence-electron chi connectivity index (χ4n) is 5.66. The summed E-state index contributed by atoms with van der Waals surface area (Å²) in [5, 5.41) is 17.1. The number of thioether (sulfide) groups is 2. The largest absolute Gasteiger partial charge is 0.508 e. The van der Waals surface area contributed by atoms with E-state index >= 15 is 0 Å². The normalized spacial score (nSPS) is 22.5. The highest BCUT2D eigenvalue weighted by Gasteiger charge is 2.51. The summed E-state index contributed by atoms with van der Waals surface area (Å²) >= 11 is 4.20. The molecule has 246 valence electrons.